The van der Waals surface area contributed by atoms with Crippen LogP contribution in [0.5, 0.6) is 0 Å². The number of carbonyl (C=O) groups excluding carboxylic acids is 2. The highest BCUT2D eigenvalue weighted by Crippen LogP contribution is 2.30. The molecule has 2 fully saturated rings. The second-order valence-electron chi connectivity index (χ2n) is 12.7. The summed E-state index contributed by atoms with van der Waals surface area (Å²) in [7, 11) is -3.75. The Bertz CT molecular complexity index is 1590. The van der Waals surface area contributed by atoms with E-state index in [1.807, 2.05) is 56.9 Å². The summed E-state index contributed by atoms with van der Waals surface area (Å²) in [5, 5.41) is 10.3. The summed E-state index contributed by atoms with van der Waals surface area (Å²) in [5.41, 5.74) is 3.90. The first-order valence-corrected chi connectivity index (χ1v) is 16.4. The Morgan fingerprint density at radius 1 is 0.977 bits per heavy atom. The number of H-pyrrole nitrogens is 1. The van der Waals surface area contributed by atoms with Crippen molar-refractivity contribution in [3.05, 3.63) is 53.6 Å². The number of hydrogen-bond donors (Lipinski definition) is 3. The summed E-state index contributed by atoms with van der Waals surface area (Å²) in [6.45, 7) is 9.29. The molecule has 1 aromatic heterocycles. The third kappa shape index (κ3) is 7.22. The Hall–Kier alpha value is -3.41. The molecule has 5 rings (SSSR count). The molecule has 1 saturated carbocycles. The van der Waals surface area contributed by atoms with E-state index >= 15 is 0 Å². The van der Waals surface area contributed by atoms with Gasteiger partial charge in [-0.3, -0.25) is 4.79 Å². The predicted octanol–water partition coefficient (Wildman–Crippen LogP) is 4.55. The third-order valence-electron chi connectivity index (χ3n) is 8.31. The lowest BCUT2D eigenvalue weighted by Gasteiger charge is -2.38. The van der Waals surface area contributed by atoms with E-state index in [0.29, 0.717) is 51.9 Å². The fourth-order valence-electron chi connectivity index (χ4n) is 5.98. The number of rotatable bonds is 6. The van der Waals surface area contributed by atoms with Crippen molar-refractivity contribution in [1.82, 2.24) is 19.5 Å². The lowest BCUT2D eigenvalue weighted by atomic mass is 9.85. The first-order chi connectivity index (χ1) is 20.3. The van der Waals surface area contributed by atoms with Crippen molar-refractivity contribution in [1.29, 1.82) is 0 Å². The SMILES string of the molecule is Cc1cc(CO)ccc1-c1cc2ccc(S(=O)(=O)N[C@H]3CC[C@H](C(=O)N4CCN(C(=O)OC(C)(C)C)CC4)CC3)cc2[nH]1. The van der Waals surface area contributed by atoms with Crippen LogP contribution in [0.15, 0.2) is 47.4 Å². The van der Waals surface area contributed by atoms with E-state index in [1.165, 1.54) is 0 Å². The minimum Gasteiger partial charge on any atom is -0.444 e. The van der Waals surface area contributed by atoms with Crippen molar-refractivity contribution in [3.8, 4) is 11.3 Å². The van der Waals surface area contributed by atoms with Gasteiger partial charge in [-0.15, -0.1) is 0 Å². The Kier molecular flexibility index (Phi) is 8.87. The van der Waals surface area contributed by atoms with E-state index in [1.54, 1.807) is 23.1 Å². The van der Waals surface area contributed by atoms with Crippen LogP contribution in [0, 0.1) is 12.8 Å². The molecule has 232 valence electrons. The van der Waals surface area contributed by atoms with Crippen LogP contribution in [0.2, 0.25) is 0 Å². The molecule has 11 heteroatoms. The van der Waals surface area contributed by atoms with Crippen LogP contribution >= 0.6 is 0 Å². The molecule has 2 heterocycles. The van der Waals surface area contributed by atoms with Crippen LogP contribution in [0.1, 0.15) is 57.6 Å². The zero-order valence-electron chi connectivity index (χ0n) is 25.4. The number of amides is 2. The standard InChI is InChI=1S/C32H42N4O6S/c1-21-17-22(20-37)5-12-27(21)29-18-24-8-11-26(19-28(24)33-29)43(40,41)34-25-9-6-23(7-10-25)30(38)35-13-15-36(16-14-35)31(39)42-32(2,3)4/h5,8,11-12,17-19,23,25,33-34,37H,6-7,9-10,13-16,20H2,1-4H3/t23-,25-. The zero-order chi connectivity index (χ0) is 30.9. The van der Waals surface area contributed by atoms with Gasteiger partial charge in [-0.25, -0.2) is 17.9 Å². The Labute approximate surface area is 253 Å². The number of nitrogens with zero attached hydrogens (tertiary/aromatic N) is 2. The highest BCUT2D eigenvalue weighted by atomic mass is 32.2. The molecule has 0 unspecified atom stereocenters. The molecule has 2 amide bonds. The number of benzene rings is 2. The fraction of sp³-hybridized carbons (Fsp3) is 0.500. The molecule has 1 aliphatic carbocycles. The molecule has 2 aromatic carbocycles. The number of aromatic nitrogens is 1. The van der Waals surface area contributed by atoms with Crippen molar-refractivity contribution in [2.75, 3.05) is 26.2 Å². The summed E-state index contributed by atoms with van der Waals surface area (Å²) in [6.07, 6.45) is 2.06. The number of ether oxygens (including phenoxy) is 1. The van der Waals surface area contributed by atoms with Crippen LogP contribution in [0.25, 0.3) is 22.2 Å². The lowest BCUT2D eigenvalue weighted by Crippen LogP contribution is -2.53. The van der Waals surface area contributed by atoms with Gasteiger partial charge in [0, 0.05) is 60.3 Å². The van der Waals surface area contributed by atoms with E-state index < -0.39 is 15.6 Å². The normalized spacial score (nSPS) is 19.9. The molecule has 3 N–H and O–H groups in total. The predicted molar refractivity (Wildman–Crippen MR) is 165 cm³/mol. The molecule has 3 aromatic rings. The van der Waals surface area contributed by atoms with Gasteiger partial charge in [0.15, 0.2) is 0 Å². The summed E-state index contributed by atoms with van der Waals surface area (Å²) in [6, 6.07) is 12.6. The van der Waals surface area contributed by atoms with E-state index in [2.05, 4.69) is 9.71 Å². The fourth-order valence-corrected chi connectivity index (χ4v) is 7.32. The topological polar surface area (TPSA) is 132 Å². The van der Waals surface area contributed by atoms with E-state index in [4.69, 9.17) is 4.74 Å². The van der Waals surface area contributed by atoms with Crippen molar-refractivity contribution in [2.45, 2.75) is 76.5 Å². The largest absolute Gasteiger partial charge is 0.444 e. The molecule has 1 aliphatic heterocycles. The highest BCUT2D eigenvalue weighted by Gasteiger charge is 2.34. The van der Waals surface area contributed by atoms with Gasteiger partial charge >= 0.3 is 6.09 Å². The van der Waals surface area contributed by atoms with E-state index in [0.717, 1.165) is 33.3 Å². The molecule has 2 aliphatic rings. The maximum atomic E-state index is 13.3. The third-order valence-corrected chi connectivity index (χ3v) is 9.83. The van der Waals surface area contributed by atoms with Crippen molar-refractivity contribution in [2.24, 2.45) is 5.92 Å². The van der Waals surface area contributed by atoms with Crippen LogP contribution in [-0.4, -0.2) is 78.1 Å². The molecular formula is C32H42N4O6S. The number of hydrogen-bond acceptors (Lipinski definition) is 6. The molecule has 0 radical (unpaired) electrons. The van der Waals surface area contributed by atoms with Gasteiger partial charge < -0.3 is 24.6 Å². The minimum atomic E-state index is -3.75. The van der Waals surface area contributed by atoms with Crippen LogP contribution in [0.4, 0.5) is 4.79 Å². The molecule has 10 nitrogen and oxygen atoms in total. The first kappa shape index (κ1) is 31.0. The van der Waals surface area contributed by atoms with E-state index in [-0.39, 0.29) is 35.5 Å². The number of piperazine rings is 1. The maximum Gasteiger partial charge on any atom is 0.410 e. The number of fused-ring (bicyclic) bond motifs is 1. The second-order valence-corrected chi connectivity index (χ2v) is 14.4. The number of aryl methyl sites for hydroxylation is 1. The smallest absolute Gasteiger partial charge is 0.410 e. The molecule has 0 atom stereocenters. The van der Waals surface area contributed by atoms with Gasteiger partial charge in [0.25, 0.3) is 0 Å². The molecular weight excluding hydrogens is 568 g/mol. The summed E-state index contributed by atoms with van der Waals surface area (Å²) >= 11 is 0. The highest BCUT2D eigenvalue weighted by molar-refractivity contribution is 7.89. The number of aliphatic hydroxyl groups excluding tert-OH is 1. The molecule has 1 saturated heterocycles. The number of aromatic amines is 1. The van der Waals surface area contributed by atoms with Gasteiger partial charge in [0.2, 0.25) is 15.9 Å². The number of sulfonamides is 1. The molecule has 0 spiro atoms. The summed E-state index contributed by atoms with van der Waals surface area (Å²) in [5.74, 6) is -0.0585. The van der Waals surface area contributed by atoms with Crippen molar-refractivity contribution in [3.63, 3.8) is 0 Å². The molecule has 43 heavy (non-hydrogen) atoms. The van der Waals surface area contributed by atoms with Gasteiger partial charge in [0.05, 0.1) is 11.5 Å². The first-order valence-electron chi connectivity index (χ1n) is 15.0. The minimum absolute atomic E-state index is 0.0192. The Balaban J connectivity index is 1.16. The van der Waals surface area contributed by atoms with Crippen LogP contribution in [-0.2, 0) is 26.2 Å². The van der Waals surface area contributed by atoms with Gasteiger partial charge in [-0.05, 0) is 82.7 Å². The number of aliphatic hydroxyl groups is 1. The lowest BCUT2D eigenvalue weighted by molar-refractivity contribution is -0.138. The van der Waals surface area contributed by atoms with Crippen molar-refractivity contribution < 1.29 is 27.9 Å². The number of carbonyl (C=O) groups is 2. The van der Waals surface area contributed by atoms with Crippen LogP contribution < -0.4 is 4.72 Å². The van der Waals surface area contributed by atoms with Crippen molar-refractivity contribution >= 4 is 32.9 Å². The van der Waals surface area contributed by atoms with Gasteiger partial charge in [0.1, 0.15) is 5.60 Å². The van der Waals surface area contributed by atoms with E-state index in [9.17, 15) is 23.1 Å². The average Bonchev–Trinajstić information content (AvgIpc) is 3.39. The monoisotopic (exact) mass is 610 g/mol. The van der Waals surface area contributed by atoms with Crippen LogP contribution in [0.3, 0.4) is 0 Å². The quantitative estimate of drug-likeness (QED) is 0.375. The second kappa shape index (κ2) is 12.3. The maximum absolute atomic E-state index is 13.3. The zero-order valence-corrected chi connectivity index (χ0v) is 26.2. The van der Waals surface area contributed by atoms with Gasteiger partial charge in [-0.2, -0.15) is 0 Å². The Morgan fingerprint density at radius 2 is 1.65 bits per heavy atom. The molecule has 0 bridgehead atoms. The average molecular weight is 611 g/mol. The Morgan fingerprint density at radius 3 is 2.28 bits per heavy atom. The summed E-state index contributed by atoms with van der Waals surface area (Å²) < 4.78 is 34.9. The summed E-state index contributed by atoms with van der Waals surface area (Å²) in [4.78, 5) is 32.5. The number of nitrogens with one attached hydrogen (secondary N) is 2. The van der Waals surface area contributed by atoms with Gasteiger partial charge in [-0.1, -0.05) is 24.3 Å².